The molecule has 5 atom stereocenters. The molecular weight excluding hydrogens is 661 g/mol. The maximum Gasteiger partial charge on any atom is 0.330 e. The van der Waals surface area contributed by atoms with Crippen LogP contribution in [-0.4, -0.2) is 103 Å². The summed E-state index contributed by atoms with van der Waals surface area (Å²) in [5.74, 6) is -9.89. The summed E-state index contributed by atoms with van der Waals surface area (Å²) in [5.41, 5.74) is 4.58. The second kappa shape index (κ2) is 18.6. The number of primary amides is 1. The Balaban J connectivity index is 3.30. The highest BCUT2D eigenvalue weighted by molar-refractivity contribution is 7.52. The Bertz CT molecular complexity index is 1430. The Labute approximate surface area is 274 Å². The lowest BCUT2D eigenvalue weighted by atomic mass is 9.93. The van der Waals surface area contributed by atoms with Crippen LogP contribution in [0.15, 0.2) is 23.3 Å². The number of carbonyl (C=O) groups excluding carboxylic acids is 7. The van der Waals surface area contributed by atoms with E-state index in [1.807, 2.05) is 0 Å². The van der Waals surface area contributed by atoms with E-state index in [0.717, 1.165) is 13.0 Å². The van der Waals surface area contributed by atoms with Gasteiger partial charge < -0.3 is 47.0 Å². The van der Waals surface area contributed by atoms with Gasteiger partial charge in [0.05, 0.1) is 6.16 Å². The summed E-state index contributed by atoms with van der Waals surface area (Å²) in [4.78, 5) is 129. The first kappa shape index (κ1) is 41.3. The number of hydrogen-bond acceptors (Lipinski definition) is 10. The van der Waals surface area contributed by atoms with Gasteiger partial charge in [0.15, 0.2) is 11.6 Å². The summed E-state index contributed by atoms with van der Waals surface area (Å²) in [6.45, 7) is 4.35. The molecule has 1 aliphatic rings. The molecule has 0 heterocycles. The van der Waals surface area contributed by atoms with Crippen molar-refractivity contribution in [3.63, 3.8) is 0 Å². The zero-order valence-electron chi connectivity index (χ0n) is 26.4. The van der Waals surface area contributed by atoms with E-state index in [0.29, 0.717) is 12.5 Å². The highest BCUT2D eigenvalue weighted by Gasteiger charge is 2.34. The molecule has 0 saturated heterocycles. The molecule has 19 nitrogen and oxygen atoms in total. The third-order valence-corrected chi connectivity index (χ3v) is 7.87. The molecule has 0 radical (unpaired) electrons. The molecule has 5 amide bonds. The van der Waals surface area contributed by atoms with Crippen LogP contribution in [0.4, 0.5) is 0 Å². The van der Waals surface area contributed by atoms with E-state index in [1.165, 1.54) is 0 Å². The van der Waals surface area contributed by atoms with Gasteiger partial charge in [-0.15, -0.1) is 0 Å². The Kier molecular flexibility index (Phi) is 16.0. The van der Waals surface area contributed by atoms with Crippen molar-refractivity contribution in [2.75, 3.05) is 6.16 Å². The molecule has 5 unspecified atom stereocenters. The van der Waals surface area contributed by atoms with Crippen molar-refractivity contribution in [2.45, 2.75) is 83.5 Å². The van der Waals surface area contributed by atoms with Gasteiger partial charge in [0.25, 0.3) is 0 Å². The first-order chi connectivity index (χ1) is 22.1. The molecule has 10 N–H and O–H groups in total. The Morgan fingerprint density at radius 3 is 1.62 bits per heavy atom. The SMILES string of the molecule is CCC(C)C(NC(=O)C(CCC(=O)O)NC(=O)C(CCC(=O)O)NC(=O)C(CC1=CC(=O)C(CP(=O)(O)O)=CC1=O)NC(C)=O)C(N)=O. The van der Waals surface area contributed by atoms with Crippen LogP contribution in [0, 0.1) is 5.92 Å². The molecule has 0 aromatic carbocycles. The van der Waals surface area contributed by atoms with Gasteiger partial charge in [-0.2, -0.15) is 0 Å². The monoisotopic (exact) mass is 701 g/mol. The van der Waals surface area contributed by atoms with Gasteiger partial charge in [-0.25, -0.2) is 0 Å². The Morgan fingerprint density at radius 1 is 0.771 bits per heavy atom. The van der Waals surface area contributed by atoms with Crippen LogP contribution in [0.25, 0.3) is 0 Å². The van der Waals surface area contributed by atoms with Gasteiger partial charge in [0.1, 0.15) is 24.2 Å². The summed E-state index contributed by atoms with van der Waals surface area (Å²) < 4.78 is 11.3. The molecule has 266 valence electrons. The molecule has 0 saturated carbocycles. The van der Waals surface area contributed by atoms with E-state index in [2.05, 4.69) is 21.3 Å². The number of ketones is 2. The normalized spacial score (nSPS) is 16.2. The lowest BCUT2D eigenvalue weighted by Gasteiger charge is -2.27. The maximum atomic E-state index is 13.3. The lowest BCUT2D eigenvalue weighted by Crippen LogP contribution is -2.58. The highest BCUT2D eigenvalue weighted by atomic mass is 31.2. The minimum absolute atomic E-state index is 0.328. The second-order valence-electron chi connectivity index (χ2n) is 11.1. The van der Waals surface area contributed by atoms with Crippen molar-refractivity contribution in [3.8, 4) is 0 Å². The van der Waals surface area contributed by atoms with Gasteiger partial charge in [-0.05, 0) is 30.9 Å². The predicted molar refractivity (Wildman–Crippen MR) is 163 cm³/mol. The van der Waals surface area contributed by atoms with Gasteiger partial charge in [0, 0.05) is 37.3 Å². The van der Waals surface area contributed by atoms with Crippen molar-refractivity contribution in [3.05, 3.63) is 23.3 Å². The van der Waals surface area contributed by atoms with Crippen molar-refractivity contribution in [2.24, 2.45) is 11.7 Å². The highest BCUT2D eigenvalue weighted by Crippen LogP contribution is 2.37. The second-order valence-corrected chi connectivity index (χ2v) is 12.8. The molecule has 0 bridgehead atoms. The van der Waals surface area contributed by atoms with Crippen LogP contribution in [-0.2, 0) is 47.7 Å². The Morgan fingerprint density at radius 2 is 1.21 bits per heavy atom. The molecule has 0 aromatic heterocycles. The minimum atomic E-state index is -4.71. The van der Waals surface area contributed by atoms with E-state index in [-0.39, 0.29) is 5.57 Å². The van der Waals surface area contributed by atoms with Gasteiger partial charge in [-0.1, -0.05) is 20.3 Å². The summed E-state index contributed by atoms with van der Waals surface area (Å²) in [7, 11) is -4.71. The van der Waals surface area contributed by atoms with E-state index in [9.17, 15) is 52.8 Å². The number of carbonyl (C=O) groups is 9. The fourth-order valence-electron chi connectivity index (χ4n) is 4.42. The largest absolute Gasteiger partial charge is 0.481 e. The third kappa shape index (κ3) is 14.4. The topological polar surface area (TPSA) is 326 Å². The smallest absolute Gasteiger partial charge is 0.330 e. The third-order valence-electron chi connectivity index (χ3n) is 7.11. The summed E-state index contributed by atoms with van der Waals surface area (Å²) in [6, 6.07) is -6.08. The predicted octanol–water partition coefficient (Wildman–Crippen LogP) is -2.22. The number of carboxylic acid groups (broad SMARTS) is 2. The van der Waals surface area contributed by atoms with Crippen LogP contribution in [0.2, 0.25) is 0 Å². The molecule has 48 heavy (non-hydrogen) atoms. The van der Waals surface area contributed by atoms with E-state index in [1.54, 1.807) is 13.8 Å². The zero-order chi connectivity index (χ0) is 36.9. The summed E-state index contributed by atoms with van der Waals surface area (Å²) in [6.07, 6.45) is -2.12. The van der Waals surface area contributed by atoms with Crippen LogP contribution in [0.1, 0.15) is 59.3 Å². The van der Waals surface area contributed by atoms with Gasteiger partial charge in [0.2, 0.25) is 29.5 Å². The molecule has 0 spiro atoms. The van der Waals surface area contributed by atoms with Gasteiger partial charge in [-0.3, -0.25) is 47.7 Å². The number of rotatable bonds is 20. The zero-order valence-corrected chi connectivity index (χ0v) is 27.3. The summed E-state index contributed by atoms with van der Waals surface area (Å²) in [5, 5.41) is 27.5. The van der Waals surface area contributed by atoms with Crippen LogP contribution in [0.5, 0.6) is 0 Å². The number of allylic oxidation sites excluding steroid dienone is 3. The first-order valence-corrected chi connectivity index (χ1v) is 16.4. The van der Waals surface area contributed by atoms with E-state index >= 15 is 0 Å². The number of hydrogen-bond donors (Lipinski definition) is 9. The quantitative estimate of drug-likeness (QED) is 0.0480. The number of nitrogens with one attached hydrogen (secondary N) is 4. The van der Waals surface area contributed by atoms with Crippen LogP contribution >= 0.6 is 7.60 Å². The molecular formula is C28H40N5O14P. The van der Waals surface area contributed by atoms with Crippen molar-refractivity contribution in [1.82, 2.24) is 21.3 Å². The van der Waals surface area contributed by atoms with Crippen molar-refractivity contribution >= 4 is 60.6 Å². The van der Waals surface area contributed by atoms with E-state index < -0.39 is 135 Å². The average Bonchev–Trinajstić information content (AvgIpc) is 2.95. The lowest BCUT2D eigenvalue weighted by molar-refractivity contribution is -0.140. The van der Waals surface area contributed by atoms with E-state index in [4.69, 9.17) is 20.6 Å². The molecule has 1 aliphatic carbocycles. The minimum Gasteiger partial charge on any atom is -0.481 e. The van der Waals surface area contributed by atoms with Gasteiger partial charge >= 0.3 is 19.5 Å². The average molecular weight is 702 g/mol. The van der Waals surface area contributed by atoms with Crippen LogP contribution in [0.3, 0.4) is 0 Å². The van der Waals surface area contributed by atoms with Crippen molar-refractivity contribution < 1.29 is 67.7 Å². The number of aliphatic carboxylic acids is 2. The first-order valence-electron chi connectivity index (χ1n) is 14.6. The summed E-state index contributed by atoms with van der Waals surface area (Å²) >= 11 is 0. The standard InChI is InChI=1S/C28H40N5O14P/c1-4-13(2)24(25(29)41)33-27(43)18(6-8-23(39)40)31-26(42)17(5-7-22(37)38)32-28(44)19(30-14(3)34)9-15-10-21(36)16(11-20(15)35)12-48(45,46)47/h10-11,13,17-19,24H,4-9,12H2,1-3H3,(H2,29,41)(H,30,34)(H,31,42)(H,32,44)(H,33,43)(H,37,38)(H,39,40)(H2,45,46,47). The number of nitrogens with two attached hydrogens (primary N) is 1. The molecule has 1 rings (SSSR count). The fraction of sp³-hybridized carbons (Fsp3) is 0.536. The molecule has 20 heteroatoms. The fourth-order valence-corrected chi connectivity index (χ4v) is 5.12. The molecule has 0 aliphatic heterocycles. The number of carboxylic acids is 2. The number of amides is 5. The van der Waals surface area contributed by atoms with Crippen LogP contribution < -0.4 is 27.0 Å². The molecule has 0 aromatic rings. The van der Waals surface area contributed by atoms with Crippen molar-refractivity contribution in [1.29, 1.82) is 0 Å². The Hall–Kier alpha value is -4.74. The maximum absolute atomic E-state index is 13.3. The molecule has 0 fully saturated rings.